The van der Waals surface area contributed by atoms with E-state index in [9.17, 15) is 22.0 Å². The fourth-order valence-corrected chi connectivity index (χ4v) is 4.06. The Morgan fingerprint density at radius 1 is 1.18 bits per heavy atom. The molecule has 0 saturated heterocycles. The number of amides is 1. The predicted octanol–water partition coefficient (Wildman–Crippen LogP) is 3.54. The second kappa shape index (κ2) is 7.05. The van der Waals surface area contributed by atoms with Crippen molar-refractivity contribution in [3.8, 4) is 5.75 Å². The van der Waals surface area contributed by atoms with Crippen LogP contribution >= 0.6 is 0 Å². The van der Waals surface area contributed by atoms with Gasteiger partial charge in [-0.05, 0) is 57.2 Å². The maximum Gasteiger partial charge on any atom is 0.264 e. The number of halogens is 2. The molecule has 0 spiro atoms. The number of rotatable bonds is 4. The summed E-state index contributed by atoms with van der Waals surface area (Å²) < 4.78 is 60.2. The molecule has 0 bridgehead atoms. The molecule has 1 aliphatic rings. The highest BCUT2D eigenvalue weighted by Gasteiger charge is 2.37. The third kappa shape index (κ3) is 3.66. The van der Waals surface area contributed by atoms with Gasteiger partial charge in [0.25, 0.3) is 10.0 Å². The van der Waals surface area contributed by atoms with Crippen LogP contribution < -0.4 is 14.4 Å². The van der Waals surface area contributed by atoms with Gasteiger partial charge in [-0.15, -0.1) is 0 Å². The van der Waals surface area contributed by atoms with Crippen LogP contribution in [0.5, 0.6) is 5.75 Å². The summed E-state index contributed by atoms with van der Waals surface area (Å²) in [6.45, 7) is 5.85. The second-order valence-corrected chi connectivity index (χ2v) is 8.74. The van der Waals surface area contributed by atoms with Crippen LogP contribution in [0.2, 0.25) is 0 Å². The van der Waals surface area contributed by atoms with Crippen LogP contribution in [0, 0.1) is 17.0 Å². The van der Waals surface area contributed by atoms with E-state index in [-0.39, 0.29) is 18.2 Å². The minimum atomic E-state index is -4.37. The Kier molecular flexibility index (Phi) is 5.05. The zero-order chi connectivity index (χ0) is 20.7. The Morgan fingerprint density at radius 3 is 2.57 bits per heavy atom. The molecule has 0 saturated carbocycles. The number of nitrogens with one attached hydrogen (secondary N) is 1. The van der Waals surface area contributed by atoms with E-state index >= 15 is 0 Å². The van der Waals surface area contributed by atoms with Gasteiger partial charge in [-0.3, -0.25) is 9.52 Å². The van der Waals surface area contributed by atoms with Crippen molar-refractivity contribution in [2.24, 2.45) is 5.41 Å². The third-order valence-corrected chi connectivity index (χ3v) is 5.81. The SMILES string of the molecule is CCN1C(=O)C(C)(C)COc2ccc(NS(=O)(=O)c3cc(F)ccc3F)cc21. The molecule has 0 aromatic heterocycles. The van der Waals surface area contributed by atoms with Gasteiger partial charge in [0.1, 0.15) is 28.9 Å². The van der Waals surface area contributed by atoms with E-state index in [2.05, 4.69) is 4.72 Å². The molecule has 9 heteroatoms. The van der Waals surface area contributed by atoms with Gasteiger partial charge in [0.05, 0.1) is 16.8 Å². The van der Waals surface area contributed by atoms with Crippen LogP contribution in [0.25, 0.3) is 0 Å². The Balaban J connectivity index is 2.00. The van der Waals surface area contributed by atoms with Crippen molar-refractivity contribution in [2.45, 2.75) is 25.7 Å². The summed E-state index contributed by atoms with van der Waals surface area (Å²) in [5.41, 5.74) is -0.255. The van der Waals surface area contributed by atoms with E-state index in [1.54, 1.807) is 20.8 Å². The van der Waals surface area contributed by atoms with Gasteiger partial charge < -0.3 is 9.64 Å². The molecule has 0 radical (unpaired) electrons. The van der Waals surface area contributed by atoms with Crippen LogP contribution in [-0.4, -0.2) is 27.5 Å². The number of carbonyl (C=O) groups is 1. The zero-order valence-electron chi connectivity index (χ0n) is 15.6. The highest BCUT2D eigenvalue weighted by Crippen LogP contribution is 2.38. The predicted molar refractivity (Wildman–Crippen MR) is 101 cm³/mol. The van der Waals surface area contributed by atoms with Crippen molar-refractivity contribution in [3.63, 3.8) is 0 Å². The summed E-state index contributed by atoms with van der Waals surface area (Å²) >= 11 is 0. The smallest absolute Gasteiger partial charge is 0.264 e. The van der Waals surface area contributed by atoms with E-state index in [1.807, 2.05) is 0 Å². The first-order valence-corrected chi connectivity index (χ1v) is 10.1. The lowest BCUT2D eigenvalue weighted by molar-refractivity contribution is -0.127. The topological polar surface area (TPSA) is 75.7 Å². The van der Waals surface area contributed by atoms with Gasteiger partial charge in [0.2, 0.25) is 5.91 Å². The maximum atomic E-state index is 13.9. The maximum absolute atomic E-state index is 13.9. The first kappa shape index (κ1) is 20.1. The molecule has 1 amide bonds. The molecule has 1 N–H and O–H groups in total. The van der Waals surface area contributed by atoms with Gasteiger partial charge in [-0.25, -0.2) is 17.2 Å². The molecule has 28 heavy (non-hydrogen) atoms. The molecular weight excluding hydrogens is 390 g/mol. The molecule has 0 aliphatic carbocycles. The van der Waals surface area contributed by atoms with Crippen molar-refractivity contribution in [2.75, 3.05) is 22.8 Å². The average molecular weight is 410 g/mol. The van der Waals surface area contributed by atoms with E-state index in [1.165, 1.54) is 23.1 Å². The number of fused-ring (bicyclic) bond motifs is 1. The van der Waals surface area contributed by atoms with Gasteiger partial charge in [0, 0.05) is 6.54 Å². The van der Waals surface area contributed by atoms with Crippen LogP contribution in [0.15, 0.2) is 41.3 Å². The van der Waals surface area contributed by atoms with Crippen LogP contribution in [-0.2, 0) is 14.8 Å². The summed E-state index contributed by atoms with van der Waals surface area (Å²) in [4.78, 5) is 13.5. The van der Waals surface area contributed by atoms with Crippen LogP contribution in [0.4, 0.5) is 20.2 Å². The summed E-state index contributed by atoms with van der Waals surface area (Å²) in [5.74, 6) is -1.67. The highest BCUT2D eigenvalue weighted by atomic mass is 32.2. The third-order valence-electron chi connectivity index (χ3n) is 4.41. The van der Waals surface area contributed by atoms with Gasteiger partial charge in [0.15, 0.2) is 0 Å². The quantitative estimate of drug-likeness (QED) is 0.837. The van der Waals surface area contributed by atoms with Crippen molar-refractivity contribution < 1.29 is 26.7 Å². The van der Waals surface area contributed by atoms with Crippen molar-refractivity contribution >= 4 is 27.3 Å². The standard InChI is InChI=1S/C19H20F2N2O4S/c1-4-23-15-10-13(6-8-16(15)27-11-19(2,3)18(23)24)22-28(25,26)17-9-12(20)5-7-14(17)21/h5-10,22H,4,11H2,1-3H3. The first-order chi connectivity index (χ1) is 13.0. The van der Waals surface area contributed by atoms with E-state index in [0.717, 1.165) is 12.1 Å². The largest absolute Gasteiger partial charge is 0.490 e. The van der Waals surface area contributed by atoms with Crippen molar-refractivity contribution in [1.29, 1.82) is 0 Å². The normalized spacial score (nSPS) is 16.2. The second-order valence-electron chi connectivity index (χ2n) is 7.08. The average Bonchev–Trinajstić information content (AvgIpc) is 2.71. The van der Waals surface area contributed by atoms with Gasteiger partial charge >= 0.3 is 0 Å². The fourth-order valence-electron chi connectivity index (χ4n) is 2.92. The molecule has 1 aliphatic heterocycles. The van der Waals surface area contributed by atoms with Gasteiger partial charge in [-0.2, -0.15) is 0 Å². The molecule has 6 nitrogen and oxygen atoms in total. The van der Waals surface area contributed by atoms with Gasteiger partial charge in [-0.1, -0.05) is 0 Å². The molecule has 3 rings (SSSR count). The fraction of sp³-hybridized carbons (Fsp3) is 0.316. The Hall–Kier alpha value is -2.68. The number of carbonyl (C=O) groups excluding carboxylic acids is 1. The number of hydrogen-bond acceptors (Lipinski definition) is 4. The molecule has 150 valence electrons. The Bertz CT molecular complexity index is 1040. The summed E-state index contributed by atoms with van der Waals surface area (Å²) in [6.07, 6.45) is 0. The monoisotopic (exact) mass is 410 g/mol. The molecule has 2 aromatic carbocycles. The summed E-state index contributed by atoms with van der Waals surface area (Å²) in [5, 5.41) is 0. The summed E-state index contributed by atoms with van der Waals surface area (Å²) in [7, 11) is -4.37. The number of benzene rings is 2. The van der Waals surface area contributed by atoms with Crippen molar-refractivity contribution in [1.82, 2.24) is 0 Å². The Labute approximate surface area is 162 Å². The molecular formula is C19H20F2N2O4S. The molecule has 0 unspecified atom stereocenters. The first-order valence-electron chi connectivity index (χ1n) is 8.62. The molecule has 0 fully saturated rings. The van der Waals surface area contributed by atoms with Crippen molar-refractivity contribution in [3.05, 3.63) is 48.0 Å². The number of nitrogens with zero attached hydrogens (tertiary/aromatic N) is 1. The lowest BCUT2D eigenvalue weighted by Crippen LogP contribution is -2.42. The number of ether oxygens (including phenoxy) is 1. The van der Waals surface area contributed by atoms with E-state index in [0.29, 0.717) is 24.0 Å². The van der Waals surface area contributed by atoms with E-state index in [4.69, 9.17) is 4.74 Å². The lowest BCUT2D eigenvalue weighted by atomic mass is 9.93. The highest BCUT2D eigenvalue weighted by molar-refractivity contribution is 7.92. The van der Waals surface area contributed by atoms with Crippen LogP contribution in [0.1, 0.15) is 20.8 Å². The number of hydrogen-bond donors (Lipinski definition) is 1. The minimum absolute atomic E-state index is 0.0944. The van der Waals surface area contributed by atoms with E-state index < -0.39 is 32.0 Å². The molecule has 2 aromatic rings. The molecule has 1 heterocycles. The number of sulfonamides is 1. The number of anilines is 2. The van der Waals surface area contributed by atoms with Crippen LogP contribution in [0.3, 0.4) is 0 Å². The summed E-state index contributed by atoms with van der Waals surface area (Å²) in [6, 6.07) is 6.59. The minimum Gasteiger partial charge on any atom is -0.490 e. The molecule has 0 atom stereocenters. The zero-order valence-corrected chi connectivity index (χ0v) is 16.4. The Morgan fingerprint density at radius 2 is 1.89 bits per heavy atom. The lowest BCUT2D eigenvalue weighted by Gasteiger charge is -2.27.